The van der Waals surface area contributed by atoms with Crippen molar-refractivity contribution in [2.24, 2.45) is 0 Å². The second-order valence-electron chi connectivity index (χ2n) is 9.11. The molecule has 0 aromatic heterocycles. The Morgan fingerprint density at radius 3 is 2.03 bits per heavy atom. The van der Waals surface area contributed by atoms with E-state index >= 15 is 0 Å². The summed E-state index contributed by atoms with van der Waals surface area (Å²) in [6.45, 7) is 1.57. The first-order chi connectivity index (χ1) is 17.2. The van der Waals surface area contributed by atoms with Crippen LogP contribution in [0.15, 0.2) is 24.3 Å². The summed E-state index contributed by atoms with van der Waals surface area (Å²) in [5.74, 6) is -0.0774. The lowest BCUT2D eigenvalue weighted by Crippen LogP contribution is -2.63. The Labute approximate surface area is 208 Å². The molecule has 3 aliphatic rings. The average Bonchev–Trinajstić information content (AvgIpc) is 3.11. The van der Waals surface area contributed by atoms with Crippen molar-refractivity contribution in [3.05, 3.63) is 52.1 Å². The fourth-order valence-corrected chi connectivity index (χ4v) is 5.74. The van der Waals surface area contributed by atoms with Crippen LogP contribution in [0.5, 0.6) is 17.2 Å². The van der Waals surface area contributed by atoms with Crippen LogP contribution in [0.1, 0.15) is 43.4 Å². The molecule has 3 heterocycles. The number of benzene rings is 2. The maximum atomic E-state index is 13.4. The van der Waals surface area contributed by atoms with E-state index in [-0.39, 0.29) is 31.3 Å². The predicted octanol–water partition coefficient (Wildman–Crippen LogP) is 1.58. The van der Waals surface area contributed by atoms with E-state index in [1.807, 2.05) is 6.92 Å². The first-order valence-corrected chi connectivity index (χ1v) is 11.6. The van der Waals surface area contributed by atoms with Gasteiger partial charge in [-0.2, -0.15) is 0 Å². The minimum Gasteiger partial charge on any atom is -0.496 e. The molecule has 2 aromatic carbocycles. The summed E-state index contributed by atoms with van der Waals surface area (Å²) in [6, 6.07) is 4.95. The number of nitrogens with zero attached hydrogens (tertiary/aromatic N) is 3. The van der Waals surface area contributed by atoms with Crippen molar-refractivity contribution in [3.8, 4) is 17.2 Å². The summed E-state index contributed by atoms with van der Waals surface area (Å²) >= 11 is 0. The van der Waals surface area contributed by atoms with Gasteiger partial charge in [0.05, 0.1) is 51.6 Å². The van der Waals surface area contributed by atoms with Crippen LogP contribution in [-0.2, 0) is 16.0 Å². The highest BCUT2D eigenvalue weighted by Crippen LogP contribution is 2.51. The second kappa shape index (κ2) is 8.54. The fourth-order valence-electron chi connectivity index (χ4n) is 5.74. The largest absolute Gasteiger partial charge is 0.496 e. The number of amides is 4. The molecule has 2 aromatic rings. The number of methoxy groups -OCH3 is 3. The van der Waals surface area contributed by atoms with E-state index in [0.29, 0.717) is 45.1 Å². The lowest BCUT2D eigenvalue weighted by Gasteiger charge is -2.48. The van der Waals surface area contributed by atoms with Gasteiger partial charge in [-0.25, -0.2) is 0 Å². The number of ether oxygens (including phenoxy) is 3. The number of carbonyl (C=O) groups excluding carboxylic acids is 4. The van der Waals surface area contributed by atoms with E-state index in [0.717, 1.165) is 4.90 Å². The van der Waals surface area contributed by atoms with Crippen LogP contribution < -0.4 is 14.2 Å². The summed E-state index contributed by atoms with van der Waals surface area (Å²) in [5.41, 5.74) is 2.55. The van der Waals surface area contributed by atoms with Gasteiger partial charge in [-0.15, -0.1) is 0 Å². The SMILES string of the molecule is COc1c(C)c(OC)c(OC)c2c1C[C@H]1C(=O)N(C)CC(=O)N1[C@@H]2CN1C(=O)c2ccccc2C1=O. The van der Waals surface area contributed by atoms with Crippen LogP contribution in [-0.4, -0.2) is 85.8 Å². The van der Waals surface area contributed by atoms with Crippen LogP contribution >= 0.6 is 0 Å². The van der Waals surface area contributed by atoms with Gasteiger partial charge in [-0.1, -0.05) is 12.1 Å². The molecule has 10 nitrogen and oxygen atoms in total. The molecule has 0 bridgehead atoms. The van der Waals surface area contributed by atoms with Gasteiger partial charge < -0.3 is 24.0 Å². The smallest absolute Gasteiger partial charge is 0.261 e. The zero-order valence-electron chi connectivity index (χ0n) is 20.8. The molecule has 4 amide bonds. The Balaban J connectivity index is 1.72. The maximum absolute atomic E-state index is 13.4. The Bertz CT molecular complexity index is 1290. The molecular weight excluding hydrogens is 466 g/mol. The van der Waals surface area contributed by atoms with Gasteiger partial charge in [-0.05, 0) is 19.1 Å². The molecule has 0 aliphatic carbocycles. The predicted molar refractivity (Wildman–Crippen MR) is 127 cm³/mol. The highest BCUT2D eigenvalue weighted by Gasteiger charge is 2.50. The molecule has 0 unspecified atom stereocenters. The van der Waals surface area contributed by atoms with Crippen LogP contribution in [0.2, 0.25) is 0 Å². The van der Waals surface area contributed by atoms with Gasteiger partial charge in [0.2, 0.25) is 11.8 Å². The van der Waals surface area contributed by atoms with Crippen molar-refractivity contribution in [1.29, 1.82) is 0 Å². The molecule has 188 valence electrons. The molecule has 1 saturated heterocycles. The number of hydrogen-bond donors (Lipinski definition) is 0. The van der Waals surface area contributed by atoms with Crippen LogP contribution in [0.4, 0.5) is 0 Å². The molecule has 1 fully saturated rings. The van der Waals surface area contributed by atoms with E-state index in [4.69, 9.17) is 14.2 Å². The lowest BCUT2D eigenvalue weighted by atomic mass is 9.83. The first kappa shape index (κ1) is 23.7. The molecule has 2 atom stereocenters. The number of hydrogen-bond acceptors (Lipinski definition) is 7. The lowest BCUT2D eigenvalue weighted by molar-refractivity contribution is -0.158. The van der Waals surface area contributed by atoms with E-state index in [9.17, 15) is 19.2 Å². The summed E-state index contributed by atoms with van der Waals surface area (Å²) in [6.07, 6.45) is 0.202. The minimum atomic E-state index is -0.843. The molecule has 3 aliphatic heterocycles. The molecule has 0 saturated carbocycles. The van der Waals surface area contributed by atoms with E-state index in [1.165, 1.54) is 31.1 Å². The van der Waals surface area contributed by atoms with Crippen molar-refractivity contribution < 1.29 is 33.4 Å². The van der Waals surface area contributed by atoms with Gasteiger partial charge in [0.15, 0.2) is 11.5 Å². The normalized spacial score (nSPS) is 20.9. The summed E-state index contributed by atoms with van der Waals surface area (Å²) < 4.78 is 17.2. The molecule has 5 rings (SSSR count). The maximum Gasteiger partial charge on any atom is 0.261 e. The number of imide groups is 1. The Kier molecular flexibility index (Phi) is 5.61. The van der Waals surface area contributed by atoms with E-state index in [2.05, 4.69) is 0 Å². The third-order valence-electron chi connectivity index (χ3n) is 7.30. The number of piperazine rings is 1. The average molecular weight is 494 g/mol. The van der Waals surface area contributed by atoms with Crippen LogP contribution in [0.3, 0.4) is 0 Å². The van der Waals surface area contributed by atoms with Crippen molar-refractivity contribution in [2.75, 3.05) is 41.5 Å². The molecule has 0 N–H and O–H groups in total. The van der Waals surface area contributed by atoms with Gasteiger partial charge >= 0.3 is 0 Å². The molecule has 0 radical (unpaired) electrons. The topological polar surface area (TPSA) is 106 Å². The standard InChI is InChI=1S/C26H27N3O7/c1-13-21(34-3)16-10-17-26(33)27(2)12-19(30)29(17)18(20(16)23(36-5)22(13)35-4)11-28-24(31)14-8-6-7-9-15(14)25(28)32/h6-9,17-18H,10-12H2,1-5H3/t17-,18+/m0/s1. The van der Waals surface area contributed by atoms with Crippen molar-refractivity contribution >= 4 is 23.6 Å². The number of rotatable bonds is 5. The quantitative estimate of drug-likeness (QED) is 0.583. The Morgan fingerprint density at radius 1 is 0.889 bits per heavy atom. The Hall–Kier alpha value is -4.08. The van der Waals surface area contributed by atoms with Gasteiger partial charge in [-0.3, -0.25) is 24.1 Å². The summed E-state index contributed by atoms with van der Waals surface area (Å²) in [4.78, 5) is 57.2. The van der Waals surface area contributed by atoms with Gasteiger partial charge in [0, 0.05) is 30.2 Å². The van der Waals surface area contributed by atoms with Crippen molar-refractivity contribution in [2.45, 2.75) is 25.4 Å². The molecule has 0 spiro atoms. The third-order valence-corrected chi connectivity index (χ3v) is 7.30. The van der Waals surface area contributed by atoms with Crippen molar-refractivity contribution in [3.63, 3.8) is 0 Å². The zero-order valence-corrected chi connectivity index (χ0v) is 20.8. The van der Waals surface area contributed by atoms with Gasteiger partial charge in [0.25, 0.3) is 11.8 Å². The first-order valence-electron chi connectivity index (χ1n) is 11.6. The monoisotopic (exact) mass is 493 g/mol. The highest BCUT2D eigenvalue weighted by atomic mass is 16.5. The molecule has 36 heavy (non-hydrogen) atoms. The summed E-state index contributed by atoms with van der Waals surface area (Å²) in [7, 11) is 6.11. The number of fused-ring (bicyclic) bond motifs is 3. The Morgan fingerprint density at radius 2 is 1.47 bits per heavy atom. The van der Waals surface area contributed by atoms with Gasteiger partial charge in [0.1, 0.15) is 11.8 Å². The zero-order chi connectivity index (χ0) is 25.9. The van der Waals surface area contributed by atoms with Crippen LogP contribution in [0, 0.1) is 6.92 Å². The summed E-state index contributed by atoms with van der Waals surface area (Å²) in [5, 5.41) is 0. The van der Waals surface area contributed by atoms with E-state index in [1.54, 1.807) is 31.3 Å². The van der Waals surface area contributed by atoms with Crippen molar-refractivity contribution in [1.82, 2.24) is 14.7 Å². The molecular formula is C26H27N3O7. The molecule has 10 heteroatoms. The highest BCUT2D eigenvalue weighted by molar-refractivity contribution is 6.21. The fraction of sp³-hybridized carbons (Fsp3) is 0.385. The second-order valence-corrected chi connectivity index (χ2v) is 9.11. The number of likely N-dealkylation sites (N-methyl/N-ethyl adjacent to an activating group) is 1. The third kappa shape index (κ3) is 3.16. The number of carbonyl (C=O) groups is 4. The van der Waals surface area contributed by atoms with Crippen LogP contribution in [0.25, 0.3) is 0 Å². The van der Waals surface area contributed by atoms with E-state index < -0.39 is 23.9 Å². The minimum absolute atomic E-state index is 0.105.